The number of carbonyl (C=O) groups excluding carboxylic acids is 3. The van der Waals surface area contributed by atoms with Gasteiger partial charge in [0.05, 0.1) is 19.7 Å². The van der Waals surface area contributed by atoms with Gasteiger partial charge in [0.1, 0.15) is 23.4 Å². The molecule has 0 fully saturated rings. The summed E-state index contributed by atoms with van der Waals surface area (Å²) < 4.78 is 7.18. The van der Waals surface area contributed by atoms with E-state index in [2.05, 4.69) is 29.2 Å². The third-order valence-corrected chi connectivity index (χ3v) is 7.70. The topological polar surface area (TPSA) is 110 Å². The van der Waals surface area contributed by atoms with Crippen LogP contribution >= 0.6 is 0 Å². The Hall–Kier alpha value is -4.21. The third-order valence-electron chi connectivity index (χ3n) is 7.70. The van der Waals surface area contributed by atoms with E-state index in [0.29, 0.717) is 49.7 Å². The molecule has 4 rings (SSSR count). The molecule has 0 aliphatic carbocycles. The lowest BCUT2D eigenvalue weighted by Crippen LogP contribution is -2.47. The van der Waals surface area contributed by atoms with E-state index in [4.69, 9.17) is 4.74 Å². The number of likely N-dealkylation sites (N-methyl/N-ethyl adjacent to an activating group) is 1. The molecule has 10 heteroatoms. The number of rotatable bonds is 5. The molecule has 0 unspecified atom stereocenters. The van der Waals surface area contributed by atoms with Crippen LogP contribution in [-0.4, -0.2) is 75.6 Å². The summed E-state index contributed by atoms with van der Waals surface area (Å²) in [6, 6.07) is 14.3. The van der Waals surface area contributed by atoms with Gasteiger partial charge in [0, 0.05) is 32.1 Å². The van der Waals surface area contributed by atoms with Crippen molar-refractivity contribution in [1.82, 2.24) is 29.9 Å². The van der Waals surface area contributed by atoms with Gasteiger partial charge >= 0.3 is 0 Å². The van der Waals surface area contributed by atoms with Crippen molar-refractivity contribution < 1.29 is 19.1 Å². The number of carbonyl (C=O) groups is 3. The van der Waals surface area contributed by atoms with Crippen LogP contribution in [0.25, 0.3) is 11.1 Å². The summed E-state index contributed by atoms with van der Waals surface area (Å²) in [7, 11) is 3.28. The maximum absolute atomic E-state index is 13.9. The number of hydrogen-bond donors (Lipinski definition) is 1. The molecule has 2 atom stereocenters. The maximum atomic E-state index is 13.9. The zero-order chi connectivity index (χ0) is 30.4. The molecular weight excluding hydrogens is 532 g/mol. The van der Waals surface area contributed by atoms with Gasteiger partial charge in [-0.3, -0.25) is 14.4 Å². The average molecular weight is 575 g/mol. The first-order valence-electron chi connectivity index (χ1n) is 14.6. The van der Waals surface area contributed by atoms with Gasteiger partial charge in [0.15, 0.2) is 0 Å². The summed E-state index contributed by atoms with van der Waals surface area (Å²) in [5.74, 6) is 1.79. The molecule has 3 aromatic rings. The number of aromatic nitrogens is 3. The van der Waals surface area contributed by atoms with Gasteiger partial charge < -0.3 is 19.9 Å². The van der Waals surface area contributed by atoms with E-state index < -0.39 is 6.04 Å². The van der Waals surface area contributed by atoms with Crippen molar-refractivity contribution in [2.75, 3.05) is 27.2 Å². The lowest BCUT2D eigenvalue weighted by molar-refractivity contribution is -0.138. The fraction of sp³-hybridized carbons (Fsp3) is 0.469. The number of benzene rings is 2. The second-order valence-corrected chi connectivity index (χ2v) is 11.3. The van der Waals surface area contributed by atoms with Crippen molar-refractivity contribution in [2.45, 2.75) is 65.6 Å². The van der Waals surface area contributed by atoms with E-state index in [-0.39, 0.29) is 36.1 Å². The number of ether oxygens (including phenoxy) is 1. The first-order valence-corrected chi connectivity index (χ1v) is 14.6. The standard InChI is InChI=1S/C32H42N6O4/c1-21(2)18-28-30-33-23(4)35-38(30)17-16-37(15-9-14-29(39)36(5)22(3)31(40)34-28)32(41)26-12-7-10-24(19-26)25-11-8-13-27(20-25)42-6/h7-8,10-13,19-22,28H,9,14-18H2,1-6H3,(H,34,40)/t22-,28+/m0/s1. The summed E-state index contributed by atoms with van der Waals surface area (Å²) in [5, 5.41) is 7.74. The van der Waals surface area contributed by atoms with Gasteiger partial charge in [0.25, 0.3) is 5.91 Å². The highest BCUT2D eigenvalue weighted by molar-refractivity contribution is 5.95. The second kappa shape index (κ2) is 13.6. The molecule has 224 valence electrons. The van der Waals surface area contributed by atoms with Crippen molar-refractivity contribution in [3.63, 3.8) is 0 Å². The van der Waals surface area contributed by atoms with Crippen LogP contribution in [-0.2, 0) is 16.1 Å². The SMILES string of the molecule is COc1cccc(-c2cccc(C(=O)N3CCCC(=O)N(C)[C@@H](C)C(=O)N[C@H](CC(C)C)c4nc(C)nn4CC3)c2)c1. The van der Waals surface area contributed by atoms with Gasteiger partial charge in [-0.1, -0.05) is 38.1 Å². The molecular formula is C32H42N6O4. The summed E-state index contributed by atoms with van der Waals surface area (Å²) in [6.07, 6.45) is 1.36. The van der Waals surface area contributed by atoms with Crippen molar-refractivity contribution in [1.29, 1.82) is 0 Å². The number of aryl methyl sites for hydroxylation is 1. The number of nitrogens with one attached hydrogen (secondary N) is 1. The Morgan fingerprint density at radius 3 is 2.50 bits per heavy atom. The molecule has 0 saturated heterocycles. The normalized spacial score (nSPS) is 18.8. The van der Waals surface area contributed by atoms with Gasteiger partial charge in [-0.25, -0.2) is 9.67 Å². The predicted molar refractivity (Wildman–Crippen MR) is 161 cm³/mol. The quantitative estimate of drug-likeness (QED) is 0.488. The Morgan fingerprint density at radius 1 is 1.07 bits per heavy atom. The highest BCUT2D eigenvalue weighted by Crippen LogP contribution is 2.26. The summed E-state index contributed by atoms with van der Waals surface area (Å²) in [6.45, 7) is 8.90. The maximum Gasteiger partial charge on any atom is 0.253 e. The minimum Gasteiger partial charge on any atom is -0.497 e. The zero-order valence-corrected chi connectivity index (χ0v) is 25.5. The third kappa shape index (κ3) is 7.35. The molecule has 2 aromatic carbocycles. The predicted octanol–water partition coefficient (Wildman–Crippen LogP) is 4.25. The molecule has 1 N–H and O–H groups in total. The summed E-state index contributed by atoms with van der Waals surface area (Å²) in [4.78, 5) is 48.1. The van der Waals surface area contributed by atoms with Crippen molar-refractivity contribution >= 4 is 17.7 Å². The number of amides is 3. The average Bonchev–Trinajstić information content (AvgIpc) is 3.36. The van der Waals surface area contributed by atoms with E-state index >= 15 is 0 Å². The molecule has 1 aliphatic heterocycles. The van der Waals surface area contributed by atoms with Crippen LogP contribution in [0.2, 0.25) is 0 Å². The fourth-order valence-electron chi connectivity index (χ4n) is 5.22. The van der Waals surface area contributed by atoms with Crippen LogP contribution in [0.3, 0.4) is 0 Å². The van der Waals surface area contributed by atoms with E-state index in [1.165, 1.54) is 4.90 Å². The summed E-state index contributed by atoms with van der Waals surface area (Å²) >= 11 is 0. The number of hydrogen-bond acceptors (Lipinski definition) is 6. The highest BCUT2D eigenvalue weighted by atomic mass is 16.5. The highest BCUT2D eigenvalue weighted by Gasteiger charge is 2.29. The van der Waals surface area contributed by atoms with Gasteiger partial charge in [-0.2, -0.15) is 5.10 Å². The number of fused-ring (bicyclic) bond motifs is 1. The van der Waals surface area contributed by atoms with Crippen molar-refractivity contribution in [3.8, 4) is 16.9 Å². The molecule has 2 heterocycles. The second-order valence-electron chi connectivity index (χ2n) is 11.3. The first kappa shape index (κ1) is 30.7. The molecule has 1 aliphatic rings. The minimum absolute atomic E-state index is 0.119. The summed E-state index contributed by atoms with van der Waals surface area (Å²) in [5.41, 5.74) is 2.43. The minimum atomic E-state index is -0.648. The lowest BCUT2D eigenvalue weighted by Gasteiger charge is -2.29. The van der Waals surface area contributed by atoms with E-state index in [1.54, 1.807) is 30.7 Å². The van der Waals surface area contributed by atoms with E-state index in [9.17, 15) is 14.4 Å². The molecule has 3 amide bonds. The number of methoxy groups -OCH3 is 1. The Bertz CT molecular complexity index is 1420. The zero-order valence-electron chi connectivity index (χ0n) is 25.5. The van der Waals surface area contributed by atoms with E-state index in [1.807, 2.05) is 55.5 Å². The largest absolute Gasteiger partial charge is 0.497 e. The van der Waals surface area contributed by atoms with Crippen LogP contribution < -0.4 is 10.1 Å². The van der Waals surface area contributed by atoms with Gasteiger partial charge in [-0.05, 0) is 68.0 Å². The Kier molecular flexibility index (Phi) is 9.98. The van der Waals surface area contributed by atoms with Crippen LogP contribution in [0, 0.1) is 12.8 Å². The van der Waals surface area contributed by atoms with Gasteiger partial charge in [-0.15, -0.1) is 0 Å². The Morgan fingerprint density at radius 2 is 1.79 bits per heavy atom. The Labute approximate surface area is 248 Å². The van der Waals surface area contributed by atoms with Crippen LogP contribution in [0.15, 0.2) is 48.5 Å². The number of nitrogens with zero attached hydrogens (tertiary/aromatic N) is 5. The molecule has 1 aromatic heterocycles. The van der Waals surface area contributed by atoms with Crippen LogP contribution in [0.1, 0.15) is 68.1 Å². The van der Waals surface area contributed by atoms with Gasteiger partial charge in [0.2, 0.25) is 11.8 Å². The van der Waals surface area contributed by atoms with Crippen LogP contribution in [0.4, 0.5) is 0 Å². The van der Waals surface area contributed by atoms with E-state index in [0.717, 1.165) is 16.9 Å². The lowest BCUT2D eigenvalue weighted by atomic mass is 10.0. The first-order chi connectivity index (χ1) is 20.1. The van der Waals surface area contributed by atoms with Crippen molar-refractivity contribution in [2.24, 2.45) is 5.92 Å². The molecule has 0 spiro atoms. The van der Waals surface area contributed by atoms with Crippen LogP contribution in [0.5, 0.6) is 5.75 Å². The smallest absolute Gasteiger partial charge is 0.253 e. The molecule has 0 bridgehead atoms. The fourth-order valence-corrected chi connectivity index (χ4v) is 5.22. The molecule has 0 radical (unpaired) electrons. The molecule has 10 nitrogen and oxygen atoms in total. The Balaban J connectivity index is 1.66. The molecule has 42 heavy (non-hydrogen) atoms. The molecule has 0 saturated carbocycles. The van der Waals surface area contributed by atoms with Crippen molar-refractivity contribution in [3.05, 3.63) is 65.7 Å². The monoisotopic (exact) mass is 574 g/mol.